The fourth-order valence-corrected chi connectivity index (χ4v) is 2.31. The van der Waals surface area contributed by atoms with Crippen LogP contribution in [-0.4, -0.2) is 53.7 Å². The number of aromatic nitrogens is 2. The second kappa shape index (κ2) is 6.12. The minimum atomic E-state index is 0.843. The molecule has 1 aromatic heterocycles. The molecule has 0 aromatic carbocycles. The SMILES string of the molecule is Cc1nsc(NCCN2CCCOCC2)n1. The van der Waals surface area contributed by atoms with Crippen molar-refractivity contribution in [3.8, 4) is 0 Å². The van der Waals surface area contributed by atoms with E-state index in [0.29, 0.717) is 0 Å². The first-order valence-corrected chi connectivity index (χ1v) is 6.46. The zero-order chi connectivity index (χ0) is 11.2. The third kappa shape index (κ3) is 3.70. The van der Waals surface area contributed by atoms with Gasteiger partial charge in [0.1, 0.15) is 5.82 Å². The first-order chi connectivity index (χ1) is 7.84. The highest BCUT2D eigenvalue weighted by molar-refractivity contribution is 7.09. The third-order valence-corrected chi connectivity index (χ3v) is 3.31. The number of aryl methyl sites for hydroxylation is 1. The molecular formula is C10H18N4OS. The van der Waals surface area contributed by atoms with E-state index in [0.717, 1.165) is 56.8 Å². The quantitative estimate of drug-likeness (QED) is 0.853. The molecule has 1 aromatic rings. The Morgan fingerprint density at radius 3 is 3.19 bits per heavy atom. The van der Waals surface area contributed by atoms with Crippen molar-refractivity contribution in [2.24, 2.45) is 0 Å². The van der Waals surface area contributed by atoms with E-state index in [-0.39, 0.29) is 0 Å². The molecule has 2 rings (SSSR count). The number of hydrogen-bond donors (Lipinski definition) is 1. The van der Waals surface area contributed by atoms with Gasteiger partial charge in [-0.3, -0.25) is 4.90 Å². The van der Waals surface area contributed by atoms with Crippen LogP contribution < -0.4 is 5.32 Å². The molecule has 5 nitrogen and oxygen atoms in total. The van der Waals surface area contributed by atoms with Crippen molar-refractivity contribution in [1.82, 2.24) is 14.3 Å². The van der Waals surface area contributed by atoms with Gasteiger partial charge in [0.15, 0.2) is 0 Å². The van der Waals surface area contributed by atoms with Crippen LogP contribution in [0.5, 0.6) is 0 Å². The Morgan fingerprint density at radius 1 is 1.44 bits per heavy atom. The van der Waals surface area contributed by atoms with Gasteiger partial charge in [-0.1, -0.05) is 0 Å². The lowest BCUT2D eigenvalue weighted by Gasteiger charge is -2.18. The van der Waals surface area contributed by atoms with Crippen LogP contribution in [0, 0.1) is 6.92 Å². The first-order valence-electron chi connectivity index (χ1n) is 5.69. The van der Waals surface area contributed by atoms with Gasteiger partial charge in [0, 0.05) is 44.3 Å². The molecule has 0 radical (unpaired) electrons. The number of nitrogens with one attached hydrogen (secondary N) is 1. The van der Waals surface area contributed by atoms with E-state index in [1.54, 1.807) is 0 Å². The van der Waals surface area contributed by atoms with E-state index in [2.05, 4.69) is 19.6 Å². The predicted octanol–water partition coefficient (Wildman–Crippen LogP) is 0.981. The minimum absolute atomic E-state index is 0.843. The highest BCUT2D eigenvalue weighted by Crippen LogP contribution is 2.09. The number of nitrogens with zero attached hydrogens (tertiary/aromatic N) is 3. The standard InChI is InChI=1S/C10H18N4OS/c1-9-12-10(16-13-9)11-3-5-14-4-2-7-15-8-6-14/h2-8H2,1H3,(H,11,12,13). The smallest absolute Gasteiger partial charge is 0.202 e. The second-order valence-corrected chi connectivity index (χ2v) is 4.63. The summed E-state index contributed by atoms with van der Waals surface area (Å²) in [5.41, 5.74) is 0. The third-order valence-electron chi connectivity index (χ3n) is 2.55. The Bertz CT molecular complexity index is 310. The lowest BCUT2D eigenvalue weighted by Crippen LogP contribution is -2.31. The maximum absolute atomic E-state index is 5.41. The van der Waals surface area contributed by atoms with Crippen LogP contribution in [0.25, 0.3) is 0 Å². The fourth-order valence-electron chi connectivity index (χ4n) is 1.71. The molecule has 1 aliphatic rings. The van der Waals surface area contributed by atoms with E-state index >= 15 is 0 Å². The Morgan fingerprint density at radius 2 is 2.38 bits per heavy atom. The van der Waals surface area contributed by atoms with Gasteiger partial charge in [-0.05, 0) is 13.3 Å². The van der Waals surface area contributed by atoms with Crippen LogP contribution in [0.3, 0.4) is 0 Å². The summed E-state index contributed by atoms with van der Waals surface area (Å²) in [6.07, 6.45) is 1.14. The van der Waals surface area contributed by atoms with Gasteiger partial charge in [0.05, 0.1) is 6.61 Å². The van der Waals surface area contributed by atoms with Crippen molar-refractivity contribution < 1.29 is 4.74 Å². The van der Waals surface area contributed by atoms with Crippen molar-refractivity contribution in [1.29, 1.82) is 0 Å². The van der Waals surface area contributed by atoms with E-state index in [9.17, 15) is 0 Å². The zero-order valence-corrected chi connectivity index (χ0v) is 10.4. The molecule has 1 fully saturated rings. The summed E-state index contributed by atoms with van der Waals surface area (Å²) >= 11 is 1.42. The molecule has 0 saturated carbocycles. The van der Waals surface area contributed by atoms with Crippen LogP contribution in [0.2, 0.25) is 0 Å². The van der Waals surface area contributed by atoms with Crippen LogP contribution in [0.15, 0.2) is 0 Å². The lowest BCUT2D eigenvalue weighted by molar-refractivity contribution is 0.142. The zero-order valence-electron chi connectivity index (χ0n) is 9.61. The predicted molar refractivity (Wildman–Crippen MR) is 65.0 cm³/mol. The average Bonchev–Trinajstić information content (AvgIpc) is 2.54. The topological polar surface area (TPSA) is 50.3 Å². The summed E-state index contributed by atoms with van der Waals surface area (Å²) < 4.78 is 9.54. The molecular weight excluding hydrogens is 224 g/mol. The molecule has 0 spiro atoms. The van der Waals surface area contributed by atoms with Crippen LogP contribution >= 0.6 is 11.5 Å². The molecule has 0 unspecified atom stereocenters. The van der Waals surface area contributed by atoms with E-state index in [4.69, 9.17) is 4.74 Å². The van der Waals surface area contributed by atoms with Crippen LogP contribution in [0.4, 0.5) is 5.13 Å². The molecule has 1 N–H and O–H groups in total. The summed E-state index contributed by atoms with van der Waals surface area (Å²) in [6, 6.07) is 0. The van der Waals surface area contributed by atoms with Crippen molar-refractivity contribution >= 4 is 16.7 Å². The summed E-state index contributed by atoms with van der Waals surface area (Å²) in [4.78, 5) is 6.69. The van der Waals surface area contributed by atoms with Crippen LogP contribution in [0.1, 0.15) is 12.2 Å². The van der Waals surface area contributed by atoms with Gasteiger partial charge >= 0.3 is 0 Å². The Kier molecular flexibility index (Phi) is 4.50. The monoisotopic (exact) mass is 242 g/mol. The highest BCUT2D eigenvalue weighted by atomic mass is 32.1. The fraction of sp³-hybridized carbons (Fsp3) is 0.800. The van der Waals surface area contributed by atoms with Gasteiger partial charge in [0.2, 0.25) is 5.13 Å². The molecule has 1 saturated heterocycles. The summed E-state index contributed by atoms with van der Waals surface area (Å²) in [6.45, 7) is 7.82. The maximum atomic E-state index is 5.41. The highest BCUT2D eigenvalue weighted by Gasteiger charge is 2.08. The molecule has 6 heteroatoms. The van der Waals surface area contributed by atoms with Gasteiger partial charge in [0.25, 0.3) is 0 Å². The van der Waals surface area contributed by atoms with E-state index in [1.807, 2.05) is 6.92 Å². The van der Waals surface area contributed by atoms with Crippen molar-refractivity contribution in [3.63, 3.8) is 0 Å². The molecule has 16 heavy (non-hydrogen) atoms. The molecule has 0 amide bonds. The van der Waals surface area contributed by atoms with E-state index in [1.165, 1.54) is 11.5 Å². The largest absolute Gasteiger partial charge is 0.380 e. The van der Waals surface area contributed by atoms with Crippen molar-refractivity contribution in [2.45, 2.75) is 13.3 Å². The molecule has 0 atom stereocenters. The Balaban J connectivity index is 1.67. The lowest BCUT2D eigenvalue weighted by atomic mass is 10.4. The van der Waals surface area contributed by atoms with E-state index < -0.39 is 0 Å². The maximum Gasteiger partial charge on any atom is 0.202 e. The van der Waals surface area contributed by atoms with Gasteiger partial charge < -0.3 is 10.1 Å². The Labute approximate surface area is 100.0 Å². The molecule has 90 valence electrons. The second-order valence-electron chi connectivity index (χ2n) is 3.88. The van der Waals surface area contributed by atoms with Gasteiger partial charge in [-0.25, -0.2) is 4.98 Å². The molecule has 0 aliphatic carbocycles. The average molecular weight is 242 g/mol. The van der Waals surface area contributed by atoms with Gasteiger partial charge in [-0.15, -0.1) is 0 Å². The van der Waals surface area contributed by atoms with Crippen molar-refractivity contribution in [2.75, 3.05) is 44.7 Å². The summed E-state index contributed by atoms with van der Waals surface area (Å²) in [7, 11) is 0. The number of ether oxygens (including phenoxy) is 1. The number of hydrogen-bond acceptors (Lipinski definition) is 6. The molecule has 1 aliphatic heterocycles. The molecule has 2 heterocycles. The number of anilines is 1. The number of rotatable bonds is 4. The molecule has 0 bridgehead atoms. The normalized spacial score (nSPS) is 18.3. The van der Waals surface area contributed by atoms with Crippen molar-refractivity contribution in [3.05, 3.63) is 5.82 Å². The minimum Gasteiger partial charge on any atom is -0.380 e. The van der Waals surface area contributed by atoms with Crippen LogP contribution in [-0.2, 0) is 4.74 Å². The Hall–Kier alpha value is -0.720. The first kappa shape index (κ1) is 11.8. The summed E-state index contributed by atoms with van der Waals surface area (Å²) in [5.74, 6) is 0.843. The summed E-state index contributed by atoms with van der Waals surface area (Å²) in [5, 5.41) is 4.22. The van der Waals surface area contributed by atoms with Gasteiger partial charge in [-0.2, -0.15) is 4.37 Å².